The van der Waals surface area contributed by atoms with Crippen molar-refractivity contribution in [2.24, 2.45) is 0 Å². The number of hydrogen-bond acceptors (Lipinski definition) is 6. The molecule has 0 saturated heterocycles. The summed E-state index contributed by atoms with van der Waals surface area (Å²) < 4.78 is 17.4. The number of rotatable bonds is 7. The number of carbonyl (C=O) groups excluding carboxylic acids is 1. The van der Waals surface area contributed by atoms with Gasteiger partial charge in [0.05, 0.1) is 33.4 Å². The lowest BCUT2D eigenvalue weighted by Crippen LogP contribution is -2.44. The molecule has 0 radical (unpaired) electrons. The van der Waals surface area contributed by atoms with Gasteiger partial charge in [0.2, 0.25) is 0 Å². The summed E-state index contributed by atoms with van der Waals surface area (Å²) in [5, 5.41) is 3.63. The molecule has 6 nitrogen and oxygen atoms in total. The van der Waals surface area contributed by atoms with Crippen molar-refractivity contribution < 1.29 is 19.0 Å². The fraction of sp³-hybridized carbons (Fsp3) is 0.269. The maximum Gasteiger partial charge on any atom is 0.320 e. The Morgan fingerprint density at radius 3 is 2.48 bits per heavy atom. The van der Waals surface area contributed by atoms with Crippen molar-refractivity contribution in [2.45, 2.75) is 19.1 Å². The Hall–Kier alpha value is -3.03. The molecule has 172 valence electrons. The van der Waals surface area contributed by atoms with Gasteiger partial charge in [-0.3, -0.25) is 9.69 Å². The molecule has 1 aliphatic rings. The van der Waals surface area contributed by atoms with E-state index in [0.717, 1.165) is 26.9 Å². The minimum absolute atomic E-state index is 0.103. The van der Waals surface area contributed by atoms with Crippen LogP contribution in [-0.4, -0.2) is 38.2 Å². The molecule has 4 rings (SSSR count). The highest BCUT2D eigenvalue weighted by molar-refractivity contribution is 9.10. The molecule has 3 aromatic carbocycles. The molecular formula is C26H27BrN2O4. The second-order valence-electron chi connectivity index (χ2n) is 7.68. The zero-order valence-corrected chi connectivity index (χ0v) is 20.5. The van der Waals surface area contributed by atoms with E-state index in [1.807, 2.05) is 49.4 Å². The van der Waals surface area contributed by atoms with Gasteiger partial charge in [0.25, 0.3) is 0 Å². The van der Waals surface area contributed by atoms with Crippen LogP contribution in [0.2, 0.25) is 0 Å². The van der Waals surface area contributed by atoms with Crippen molar-refractivity contribution in [2.75, 3.05) is 32.7 Å². The maximum absolute atomic E-state index is 12.7. The van der Waals surface area contributed by atoms with Crippen molar-refractivity contribution in [1.82, 2.24) is 4.90 Å². The van der Waals surface area contributed by atoms with Crippen molar-refractivity contribution >= 4 is 27.6 Å². The fourth-order valence-corrected chi connectivity index (χ4v) is 4.67. The number of hydrogen-bond donors (Lipinski definition) is 1. The predicted molar refractivity (Wildman–Crippen MR) is 132 cm³/mol. The number of nitrogens with zero attached hydrogens (tertiary/aromatic N) is 1. The molecule has 3 aromatic rings. The van der Waals surface area contributed by atoms with E-state index in [-0.39, 0.29) is 24.7 Å². The quantitative estimate of drug-likeness (QED) is 0.420. The molecule has 0 spiro atoms. The number of esters is 1. The summed E-state index contributed by atoms with van der Waals surface area (Å²) >= 11 is 3.61. The van der Waals surface area contributed by atoms with E-state index in [0.29, 0.717) is 18.1 Å². The van der Waals surface area contributed by atoms with Crippen LogP contribution in [0.25, 0.3) is 0 Å². The Labute approximate surface area is 202 Å². The van der Waals surface area contributed by atoms with Gasteiger partial charge in [0.15, 0.2) is 0 Å². The van der Waals surface area contributed by atoms with Gasteiger partial charge in [0.1, 0.15) is 17.7 Å². The largest absolute Gasteiger partial charge is 0.497 e. The van der Waals surface area contributed by atoms with Gasteiger partial charge >= 0.3 is 5.97 Å². The standard InChI is InChI=1S/C26H27BrN2O4/c1-4-33-24(30)16-29-25(17-8-6-5-7-9-17)21-14-18(27)10-13-22(21)28-26(29)20-12-11-19(31-2)15-23(20)32-3/h5-15,25-26,28H,4,16H2,1-3H3/t25-,26-/m1/s1. The number of benzene rings is 3. The molecule has 0 amide bonds. The molecular weight excluding hydrogens is 484 g/mol. The summed E-state index contributed by atoms with van der Waals surface area (Å²) in [4.78, 5) is 14.9. The number of nitrogens with one attached hydrogen (secondary N) is 1. The fourth-order valence-electron chi connectivity index (χ4n) is 4.29. The second kappa shape index (κ2) is 10.3. The SMILES string of the molecule is CCOC(=O)CN1[C@H](c2ccccc2)c2cc(Br)ccc2N[C@H]1c1ccc(OC)cc1OC. The molecule has 1 N–H and O–H groups in total. The Kier molecular flexibility index (Phi) is 7.20. The van der Waals surface area contributed by atoms with Crippen molar-refractivity contribution in [3.63, 3.8) is 0 Å². The van der Waals surface area contributed by atoms with Crippen LogP contribution in [0.5, 0.6) is 11.5 Å². The Bertz CT molecular complexity index is 1120. The molecule has 0 saturated carbocycles. The summed E-state index contributed by atoms with van der Waals surface area (Å²) in [7, 11) is 3.26. The predicted octanol–water partition coefficient (Wildman–Crippen LogP) is 5.55. The number of methoxy groups -OCH3 is 2. The highest BCUT2D eigenvalue weighted by Gasteiger charge is 2.38. The van der Waals surface area contributed by atoms with E-state index in [9.17, 15) is 4.79 Å². The first-order chi connectivity index (χ1) is 16.0. The molecule has 7 heteroatoms. The van der Waals surface area contributed by atoms with Crippen molar-refractivity contribution in [3.05, 3.63) is 87.9 Å². The minimum Gasteiger partial charge on any atom is -0.497 e. The highest BCUT2D eigenvalue weighted by Crippen LogP contribution is 2.46. The van der Waals surface area contributed by atoms with E-state index < -0.39 is 0 Å². The average Bonchev–Trinajstić information content (AvgIpc) is 2.84. The molecule has 33 heavy (non-hydrogen) atoms. The van der Waals surface area contributed by atoms with Crippen LogP contribution in [-0.2, 0) is 9.53 Å². The highest BCUT2D eigenvalue weighted by atomic mass is 79.9. The van der Waals surface area contributed by atoms with Crippen molar-refractivity contribution in [3.8, 4) is 11.5 Å². The third-order valence-corrected chi connectivity index (χ3v) is 6.22. The third-order valence-electron chi connectivity index (χ3n) is 5.73. The van der Waals surface area contributed by atoms with Crippen LogP contribution in [0.3, 0.4) is 0 Å². The van der Waals surface area contributed by atoms with E-state index in [2.05, 4.69) is 50.4 Å². The van der Waals surface area contributed by atoms with Crippen LogP contribution in [0.15, 0.2) is 71.2 Å². The van der Waals surface area contributed by atoms with Crippen LogP contribution in [0.4, 0.5) is 5.69 Å². The molecule has 1 aliphatic heterocycles. The molecule has 0 aliphatic carbocycles. The normalized spacial score (nSPS) is 17.6. The zero-order valence-electron chi connectivity index (χ0n) is 18.9. The Morgan fingerprint density at radius 1 is 1.00 bits per heavy atom. The molecule has 0 bridgehead atoms. The molecule has 2 atom stereocenters. The first-order valence-corrected chi connectivity index (χ1v) is 11.6. The second-order valence-corrected chi connectivity index (χ2v) is 8.59. The summed E-state index contributed by atoms with van der Waals surface area (Å²) in [6.07, 6.45) is -0.339. The summed E-state index contributed by atoms with van der Waals surface area (Å²) in [5.41, 5.74) is 4.05. The van der Waals surface area contributed by atoms with Crippen LogP contribution in [0.1, 0.15) is 35.8 Å². The lowest BCUT2D eigenvalue weighted by molar-refractivity contribution is -0.145. The molecule has 0 unspecified atom stereocenters. The summed E-state index contributed by atoms with van der Waals surface area (Å²) in [6, 6.07) is 21.9. The lowest BCUT2D eigenvalue weighted by Gasteiger charge is -2.44. The molecule has 0 fully saturated rings. The third kappa shape index (κ3) is 4.84. The van der Waals surface area contributed by atoms with Gasteiger partial charge in [-0.05, 0) is 48.4 Å². The van der Waals surface area contributed by atoms with Crippen molar-refractivity contribution in [1.29, 1.82) is 0 Å². The number of fused-ring (bicyclic) bond motifs is 1. The van der Waals surface area contributed by atoms with Gasteiger partial charge in [-0.25, -0.2) is 0 Å². The van der Waals surface area contributed by atoms with E-state index in [1.165, 1.54) is 0 Å². The Balaban J connectivity index is 1.90. The monoisotopic (exact) mass is 510 g/mol. The Morgan fingerprint density at radius 2 is 1.79 bits per heavy atom. The lowest BCUT2D eigenvalue weighted by atomic mass is 9.91. The average molecular weight is 511 g/mol. The van der Waals surface area contributed by atoms with Gasteiger partial charge in [-0.2, -0.15) is 0 Å². The maximum atomic E-state index is 12.7. The van der Waals surface area contributed by atoms with Gasteiger partial charge < -0.3 is 19.5 Å². The number of anilines is 1. The van der Waals surface area contributed by atoms with Crippen LogP contribution >= 0.6 is 15.9 Å². The first kappa shape index (κ1) is 23.1. The minimum atomic E-state index is -0.339. The molecule has 0 aromatic heterocycles. The van der Waals surface area contributed by atoms with Gasteiger partial charge in [0, 0.05) is 21.8 Å². The molecule has 1 heterocycles. The number of ether oxygens (including phenoxy) is 3. The van der Waals surface area contributed by atoms with Crippen LogP contribution in [0, 0.1) is 0 Å². The summed E-state index contributed by atoms with van der Waals surface area (Å²) in [5.74, 6) is 1.09. The van der Waals surface area contributed by atoms with Crippen LogP contribution < -0.4 is 14.8 Å². The van der Waals surface area contributed by atoms with E-state index in [4.69, 9.17) is 14.2 Å². The number of halogens is 1. The van der Waals surface area contributed by atoms with Gasteiger partial charge in [-0.1, -0.05) is 46.3 Å². The number of carbonyl (C=O) groups is 1. The smallest absolute Gasteiger partial charge is 0.320 e. The topological polar surface area (TPSA) is 60.0 Å². The summed E-state index contributed by atoms with van der Waals surface area (Å²) in [6.45, 7) is 2.25. The van der Waals surface area contributed by atoms with E-state index >= 15 is 0 Å². The first-order valence-electron chi connectivity index (χ1n) is 10.8. The zero-order chi connectivity index (χ0) is 23.4. The van der Waals surface area contributed by atoms with E-state index in [1.54, 1.807) is 14.2 Å². The van der Waals surface area contributed by atoms with Gasteiger partial charge in [-0.15, -0.1) is 0 Å².